The maximum Gasteiger partial charge on any atom is 0.0710 e. The number of hydrogen-bond acceptors (Lipinski definition) is 2. The highest BCUT2D eigenvalue weighted by Gasteiger charge is 2.11. The molecular weight excluding hydrogens is 288 g/mol. The van der Waals surface area contributed by atoms with Crippen molar-refractivity contribution in [2.75, 3.05) is 0 Å². The first-order valence-electron chi connectivity index (χ1n) is 6.05. The molecule has 0 saturated heterocycles. The van der Waals surface area contributed by atoms with E-state index in [-0.39, 0.29) is 6.04 Å². The first-order valence-corrected chi connectivity index (χ1v) is 6.84. The second-order valence-corrected chi connectivity index (χ2v) is 5.16. The molecule has 0 heterocycles. The van der Waals surface area contributed by atoms with E-state index in [9.17, 15) is 0 Å². The van der Waals surface area contributed by atoms with Crippen LogP contribution in [0.4, 0.5) is 0 Å². The monoisotopic (exact) mass is 304 g/mol. The van der Waals surface area contributed by atoms with E-state index in [1.54, 1.807) is 0 Å². The third-order valence-electron chi connectivity index (χ3n) is 3.09. The van der Waals surface area contributed by atoms with Gasteiger partial charge in [0, 0.05) is 4.47 Å². The van der Waals surface area contributed by atoms with Crippen molar-refractivity contribution in [2.45, 2.75) is 19.4 Å². The van der Waals surface area contributed by atoms with Crippen molar-refractivity contribution in [3.8, 4) is 0 Å². The van der Waals surface area contributed by atoms with Crippen molar-refractivity contribution in [3.63, 3.8) is 0 Å². The molecule has 18 heavy (non-hydrogen) atoms. The van der Waals surface area contributed by atoms with Crippen LogP contribution >= 0.6 is 15.9 Å². The van der Waals surface area contributed by atoms with Gasteiger partial charge in [-0.2, -0.15) is 0 Å². The minimum absolute atomic E-state index is 0.0315. The van der Waals surface area contributed by atoms with Gasteiger partial charge in [0.05, 0.1) is 6.04 Å². The fourth-order valence-corrected chi connectivity index (χ4v) is 2.25. The lowest BCUT2D eigenvalue weighted by molar-refractivity contribution is 0.636. The number of hydrogen-bond donors (Lipinski definition) is 2. The molecule has 3 N–H and O–H groups in total. The molecule has 0 fully saturated rings. The highest BCUT2D eigenvalue weighted by molar-refractivity contribution is 9.10. The SMILES string of the molecule is CCc1ccc(C(NN)c2ccc(Br)cc2)cc1. The van der Waals surface area contributed by atoms with Gasteiger partial charge in [0.1, 0.15) is 0 Å². The molecule has 0 aromatic heterocycles. The summed E-state index contributed by atoms with van der Waals surface area (Å²) < 4.78 is 1.07. The van der Waals surface area contributed by atoms with E-state index in [2.05, 4.69) is 64.7 Å². The fraction of sp³-hybridized carbons (Fsp3) is 0.200. The van der Waals surface area contributed by atoms with Crippen LogP contribution in [-0.2, 0) is 6.42 Å². The zero-order valence-electron chi connectivity index (χ0n) is 10.4. The summed E-state index contributed by atoms with van der Waals surface area (Å²) in [6, 6.07) is 16.8. The van der Waals surface area contributed by atoms with Crippen LogP contribution in [0.2, 0.25) is 0 Å². The third kappa shape index (κ3) is 2.99. The summed E-state index contributed by atoms with van der Waals surface area (Å²) in [5, 5.41) is 0. The van der Waals surface area contributed by atoms with Crippen molar-refractivity contribution in [2.24, 2.45) is 5.84 Å². The highest BCUT2D eigenvalue weighted by Crippen LogP contribution is 2.23. The van der Waals surface area contributed by atoms with E-state index in [0.29, 0.717) is 0 Å². The molecule has 0 aliphatic rings. The molecule has 94 valence electrons. The fourth-order valence-electron chi connectivity index (χ4n) is 1.99. The number of halogens is 1. The first-order chi connectivity index (χ1) is 8.74. The zero-order chi connectivity index (χ0) is 13.0. The Hall–Kier alpha value is -1.16. The lowest BCUT2D eigenvalue weighted by atomic mass is 9.98. The Labute approximate surface area is 116 Å². The Balaban J connectivity index is 2.29. The molecule has 0 amide bonds. The Kier molecular flexibility index (Phi) is 4.53. The van der Waals surface area contributed by atoms with Gasteiger partial charge in [-0.1, -0.05) is 59.3 Å². The van der Waals surface area contributed by atoms with Crippen molar-refractivity contribution in [1.82, 2.24) is 5.43 Å². The van der Waals surface area contributed by atoms with Crippen LogP contribution in [0.1, 0.15) is 29.7 Å². The van der Waals surface area contributed by atoms with E-state index in [1.165, 1.54) is 11.1 Å². The van der Waals surface area contributed by atoms with Crippen LogP contribution in [0.5, 0.6) is 0 Å². The van der Waals surface area contributed by atoms with Gasteiger partial charge in [-0.05, 0) is 35.2 Å². The quantitative estimate of drug-likeness (QED) is 0.669. The van der Waals surface area contributed by atoms with Gasteiger partial charge in [-0.15, -0.1) is 0 Å². The molecule has 0 radical (unpaired) electrons. The van der Waals surface area contributed by atoms with Crippen molar-refractivity contribution >= 4 is 15.9 Å². The van der Waals surface area contributed by atoms with Crippen LogP contribution in [-0.4, -0.2) is 0 Å². The van der Waals surface area contributed by atoms with Gasteiger partial charge in [-0.25, -0.2) is 5.43 Å². The van der Waals surface area contributed by atoms with Gasteiger partial charge < -0.3 is 0 Å². The number of nitrogens with one attached hydrogen (secondary N) is 1. The molecule has 0 aliphatic heterocycles. The molecule has 0 aliphatic carbocycles. The maximum absolute atomic E-state index is 5.68. The minimum atomic E-state index is 0.0315. The zero-order valence-corrected chi connectivity index (χ0v) is 11.9. The maximum atomic E-state index is 5.68. The lowest BCUT2D eigenvalue weighted by Crippen LogP contribution is -2.28. The highest BCUT2D eigenvalue weighted by atomic mass is 79.9. The Morgan fingerprint density at radius 1 is 1.00 bits per heavy atom. The number of benzene rings is 2. The Bertz CT molecular complexity index is 491. The van der Waals surface area contributed by atoms with Crippen molar-refractivity contribution in [3.05, 3.63) is 69.7 Å². The third-order valence-corrected chi connectivity index (χ3v) is 3.62. The summed E-state index contributed by atoms with van der Waals surface area (Å²) in [5.74, 6) is 5.68. The second kappa shape index (κ2) is 6.14. The summed E-state index contributed by atoms with van der Waals surface area (Å²) in [6.45, 7) is 2.16. The van der Waals surface area contributed by atoms with Gasteiger partial charge in [0.2, 0.25) is 0 Å². The van der Waals surface area contributed by atoms with E-state index >= 15 is 0 Å². The molecule has 2 nitrogen and oxygen atoms in total. The summed E-state index contributed by atoms with van der Waals surface area (Å²) in [7, 11) is 0. The molecule has 0 bridgehead atoms. The summed E-state index contributed by atoms with van der Waals surface area (Å²) in [6.07, 6.45) is 1.05. The predicted molar refractivity (Wildman–Crippen MR) is 79.1 cm³/mol. The summed E-state index contributed by atoms with van der Waals surface area (Å²) >= 11 is 3.44. The van der Waals surface area contributed by atoms with E-state index in [4.69, 9.17) is 5.84 Å². The first kappa shape index (κ1) is 13.3. The summed E-state index contributed by atoms with van der Waals surface area (Å²) in [4.78, 5) is 0. The van der Waals surface area contributed by atoms with Gasteiger partial charge >= 0.3 is 0 Å². The van der Waals surface area contributed by atoms with Crippen molar-refractivity contribution in [1.29, 1.82) is 0 Å². The van der Waals surface area contributed by atoms with Crippen LogP contribution < -0.4 is 11.3 Å². The van der Waals surface area contributed by atoms with Gasteiger partial charge in [0.25, 0.3) is 0 Å². The smallest absolute Gasteiger partial charge is 0.0710 e. The topological polar surface area (TPSA) is 38.0 Å². The molecule has 0 spiro atoms. The van der Waals surface area contributed by atoms with Crippen LogP contribution in [0.15, 0.2) is 53.0 Å². The average molecular weight is 305 g/mol. The number of rotatable bonds is 4. The van der Waals surface area contributed by atoms with Gasteiger partial charge in [0.15, 0.2) is 0 Å². The molecule has 3 heteroatoms. The Morgan fingerprint density at radius 3 is 1.94 bits per heavy atom. The number of hydrazine groups is 1. The average Bonchev–Trinajstić information content (AvgIpc) is 2.42. The predicted octanol–water partition coefficient (Wildman–Crippen LogP) is 3.56. The van der Waals surface area contributed by atoms with Crippen molar-refractivity contribution < 1.29 is 0 Å². The van der Waals surface area contributed by atoms with E-state index in [0.717, 1.165) is 16.5 Å². The largest absolute Gasteiger partial charge is 0.271 e. The Morgan fingerprint density at radius 2 is 1.50 bits per heavy atom. The normalized spacial score (nSPS) is 12.4. The summed E-state index contributed by atoms with van der Waals surface area (Å²) in [5.41, 5.74) is 6.55. The molecule has 2 aromatic rings. The van der Waals surface area contributed by atoms with Crippen LogP contribution in [0.25, 0.3) is 0 Å². The molecule has 2 rings (SSSR count). The molecular formula is C15H17BrN2. The second-order valence-electron chi connectivity index (χ2n) is 4.25. The van der Waals surface area contributed by atoms with E-state index < -0.39 is 0 Å². The van der Waals surface area contributed by atoms with Crippen LogP contribution in [0, 0.1) is 0 Å². The lowest BCUT2D eigenvalue weighted by Gasteiger charge is -2.17. The van der Waals surface area contributed by atoms with E-state index in [1.807, 2.05) is 12.1 Å². The minimum Gasteiger partial charge on any atom is -0.271 e. The van der Waals surface area contributed by atoms with Crippen LogP contribution in [0.3, 0.4) is 0 Å². The molecule has 1 atom stereocenters. The van der Waals surface area contributed by atoms with Gasteiger partial charge in [-0.3, -0.25) is 5.84 Å². The molecule has 1 unspecified atom stereocenters. The molecule has 2 aromatic carbocycles. The molecule has 0 saturated carbocycles. The standard InChI is InChI=1S/C15H17BrN2/c1-2-11-3-5-12(6-4-11)15(18-17)13-7-9-14(16)10-8-13/h3-10,15,18H,2,17H2,1H3. The number of nitrogens with two attached hydrogens (primary N) is 1. The number of aryl methyl sites for hydroxylation is 1.